The molecule has 0 radical (unpaired) electrons. The molecule has 0 aliphatic rings. The minimum absolute atomic E-state index is 0.430. The summed E-state index contributed by atoms with van der Waals surface area (Å²) in [5.41, 5.74) is 7.74. The minimum atomic E-state index is 0.430. The average Bonchev–Trinajstić information content (AvgIpc) is 2.53. The molecule has 0 aromatic heterocycles. The second kappa shape index (κ2) is 7.33. The van der Waals surface area contributed by atoms with Crippen LogP contribution in [0.3, 0.4) is 0 Å². The molecule has 0 spiro atoms. The Bertz CT molecular complexity index is 574. The molecule has 0 saturated heterocycles. The van der Waals surface area contributed by atoms with Gasteiger partial charge in [-0.15, -0.1) is 0 Å². The number of benzene rings is 2. The van der Waals surface area contributed by atoms with Gasteiger partial charge in [0.15, 0.2) is 11.5 Å². The van der Waals surface area contributed by atoms with Crippen LogP contribution in [0.4, 0.5) is 0 Å². The molecular weight excluding hydrogens is 334 g/mol. The molecule has 0 heterocycles. The highest BCUT2D eigenvalue weighted by molar-refractivity contribution is 9.10. The number of rotatable bonds is 6. The molecule has 2 aromatic rings. The van der Waals surface area contributed by atoms with Crippen LogP contribution in [0.5, 0.6) is 17.2 Å². The van der Waals surface area contributed by atoms with Crippen molar-refractivity contribution in [2.75, 3.05) is 14.2 Å². The number of methoxy groups -OCH3 is 2. The first kappa shape index (κ1) is 15.7. The van der Waals surface area contributed by atoms with Gasteiger partial charge in [-0.1, -0.05) is 40.2 Å². The molecule has 0 aliphatic carbocycles. The highest BCUT2D eigenvalue weighted by Gasteiger charge is 2.13. The normalized spacial score (nSPS) is 10.3. The van der Waals surface area contributed by atoms with Gasteiger partial charge in [-0.25, -0.2) is 0 Å². The first-order chi connectivity index (χ1) is 10.2. The van der Waals surface area contributed by atoms with Crippen LogP contribution in [-0.2, 0) is 13.2 Å². The molecule has 2 N–H and O–H groups in total. The Morgan fingerprint density at radius 2 is 1.48 bits per heavy atom. The van der Waals surface area contributed by atoms with Crippen molar-refractivity contribution in [3.63, 3.8) is 0 Å². The molecule has 21 heavy (non-hydrogen) atoms. The maximum atomic E-state index is 5.86. The molecule has 0 saturated carbocycles. The summed E-state index contributed by atoms with van der Waals surface area (Å²) < 4.78 is 17.4. The van der Waals surface area contributed by atoms with Crippen LogP contribution in [0.2, 0.25) is 0 Å². The van der Waals surface area contributed by atoms with E-state index in [1.165, 1.54) is 0 Å². The Labute approximate surface area is 132 Å². The lowest BCUT2D eigenvalue weighted by Gasteiger charge is -2.15. The van der Waals surface area contributed by atoms with E-state index in [0.29, 0.717) is 30.4 Å². The van der Waals surface area contributed by atoms with Gasteiger partial charge < -0.3 is 19.9 Å². The highest BCUT2D eigenvalue weighted by Crippen LogP contribution is 2.40. The Kier molecular flexibility index (Phi) is 5.47. The van der Waals surface area contributed by atoms with Gasteiger partial charge >= 0.3 is 0 Å². The Morgan fingerprint density at radius 3 is 1.95 bits per heavy atom. The number of nitrogens with two attached hydrogens (primary N) is 1. The monoisotopic (exact) mass is 351 g/mol. The fraction of sp³-hybridized carbons (Fsp3) is 0.250. The minimum Gasteiger partial charge on any atom is -0.493 e. The van der Waals surface area contributed by atoms with E-state index >= 15 is 0 Å². The van der Waals surface area contributed by atoms with E-state index in [-0.39, 0.29) is 0 Å². The fourth-order valence-electron chi connectivity index (χ4n) is 1.92. The second-order valence-corrected chi connectivity index (χ2v) is 5.36. The van der Waals surface area contributed by atoms with Crippen LogP contribution < -0.4 is 19.9 Å². The molecule has 0 unspecified atom stereocenters. The summed E-state index contributed by atoms with van der Waals surface area (Å²) in [6, 6.07) is 11.7. The van der Waals surface area contributed by atoms with Gasteiger partial charge in [-0.2, -0.15) is 0 Å². The standard InChI is InChI=1S/C16H18BrNO3/c1-19-14-7-13(17)8-15(20-2)16(14)21-10-12-5-3-11(9-18)4-6-12/h3-8H,9-10,18H2,1-2H3. The largest absolute Gasteiger partial charge is 0.493 e. The third-order valence-corrected chi connectivity index (χ3v) is 3.53. The molecule has 0 fully saturated rings. The fourth-order valence-corrected chi connectivity index (χ4v) is 2.33. The molecule has 5 heteroatoms. The van der Waals surface area contributed by atoms with Gasteiger partial charge in [0.25, 0.3) is 0 Å². The lowest BCUT2D eigenvalue weighted by atomic mass is 10.1. The molecule has 112 valence electrons. The van der Waals surface area contributed by atoms with E-state index in [1.807, 2.05) is 36.4 Å². The molecular formula is C16H18BrNO3. The van der Waals surface area contributed by atoms with Crippen LogP contribution in [0, 0.1) is 0 Å². The third-order valence-electron chi connectivity index (χ3n) is 3.07. The summed E-state index contributed by atoms with van der Waals surface area (Å²) in [6.45, 7) is 0.967. The molecule has 2 rings (SSSR count). The summed E-state index contributed by atoms with van der Waals surface area (Å²) in [7, 11) is 3.20. The smallest absolute Gasteiger partial charge is 0.203 e. The van der Waals surface area contributed by atoms with Crippen molar-refractivity contribution in [3.8, 4) is 17.2 Å². The second-order valence-electron chi connectivity index (χ2n) is 4.45. The summed E-state index contributed by atoms with van der Waals surface area (Å²) in [6.07, 6.45) is 0. The van der Waals surface area contributed by atoms with E-state index in [0.717, 1.165) is 15.6 Å². The van der Waals surface area contributed by atoms with Crippen molar-refractivity contribution in [1.29, 1.82) is 0 Å². The van der Waals surface area contributed by atoms with Gasteiger partial charge in [-0.05, 0) is 23.3 Å². The first-order valence-corrected chi connectivity index (χ1v) is 7.29. The number of hydrogen-bond acceptors (Lipinski definition) is 4. The third kappa shape index (κ3) is 3.89. The maximum Gasteiger partial charge on any atom is 0.203 e. The summed E-state index contributed by atoms with van der Waals surface area (Å²) in [5.74, 6) is 1.84. The lowest BCUT2D eigenvalue weighted by molar-refractivity contribution is 0.265. The van der Waals surface area contributed by atoms with Crippen molar-refractivity contribution in [1.82, 2.24) is 0 Å². The quantitative estimate of drug-likeness (QED) is 0.865. The summed E-state index contributed by atoms with van der Waals surface area (Å²) in [4.78, 5) is 0. The van der Waals surface area contributed by atoms with Crippen molar-refractivity contribution >= 4 is 15.9 Å². The average molecular weight is 352 g/mol. The SMILES string of the molecule is COc1cc(Br)cc(OC)c1OCc1ccc(CN)cc1. The topological polar surface area (TPSA) is 53.7 Å². The number of ether oxygens (including phenoxy) is 3. The van der Waals surface area contributed by atoms with Gasteiger partial charge in [0.2, 0.25) is 5.75 Å². The van der Waals surface area contributed by atoms with E-state index < -0.39 is 0 Å². The van der Waals surface area contributed by atoms with Crippen LogP contribution in [-0.4, -0.2) is 14.2 Å². The van der Waals surface area contributed by atoms with Gasteiger partial charge in [-0.3, -0.25) is 0 Å². The van der Waals surface area contributed by atoms with Crippen LogP contribution in [0.1, 0.15) is 11.1 Å². The Balaban J connectivity index is 2.18. The highest BCUT2D eigenvalue weighted by atomic mass is 79.9. The predicted octanol–water partition coefficient (Wildman–Crippen LogP) is 3.50. The van der Waals surface area contributed by atoms with Crippen LogP contribution in [0.15, 0.2) is 40.9 Å². The summed E-state index contributed by atoms with van der Waals surface area (Å²) in [5, 5.41) is 0. The van der Waals surface area contributed by atoms with Crippen molar-refractivity contribution in [2.24, 2.45) is 5.73 Å². The molecule has 2 aromatic carbocycles. The van der Waals surface area contributed by atoms with Crippen LogP contribution in [0.25, 0.3) is 0 Å². The Morgan fingerprint density at radius 1 is 0.952 bits per heavy atom. The lowest BCUT2D eigenvalue weighted by Crippen LogP contribution is -2.01. The number of hydrogen-bond donors (Lipinski definition) is 1. The molecule has 4 nitrogen and oxygen atoms in total. The van der Waals surface area contributed by atoms with E-state index in [4.69, 9.17) is 19.9 Å². The zero-order chi connectivity index (χ0) is 15.2. The molecule has 0 atom stereocenters. The van der Waals surface area contributed by atoms with E-state index in [2.05, 4.69) is 15.9 Å². The van der Waals surface area contributed by atoms with E-state index in [1.54, 1.807) is 14.2 Å². The van der Waals surface area contributed by atoms with Crippen molar-refractivity contribution in [2.45, 2.75) is 13.2 Å². The zero-order valence-electron chi connectivity index (χ0n) is 12.1. The Hall–Kier alpha value is -1.72. The zero-order valence-corrected chi connectivity index (χ0v) is 13.6. The first-order valence-electron chi connectivity index (χ1n) is 6.50. The number of halogens is 1. The predicted molar refractivity (Wildman–Crippen MR) is 85.9 cm³/mol. The molecule has 0 bridgehead atoms. The van der Waals surface area contributed by atoms with Gasteiger partial charge in [0.1, 0.15) is 6.61 Å². The van der Waals surface area contributed by atoms with Crippen LogP contribution >= 0.6 is 15.9 Å². The maximum absolute atomic E-state index is 5.86. The summed E-state index contributed by atoms with van der Waals surface area (Å²) >= 11 is 3.41. The van der Waals surface area contributed by atoms with Crippen molar-refractivity contribution < 1.29 is 14.2 Å². The molecule has 0 aliphatic heterocycles. The van der Waals surface area contributed by atoms with Gasteiger partial charge in [0, 0.05) is 11.0 Å². The van der Waals surface area contributed by atoms with Gasteiger partial charge in [0.05, 0.1) is 14.2 Å². The molecule has 0 amide bonds. The van der Waals surface area contributed by atoms with Crippen molar-refractivity contribution in [3.05, 3.63) is 52.0 Å². The van der Waals surface area contributed by atoms with E-state index in [9.17, 15) is 0 Å².